The smallest absolute Gasteiger partial charge is 0.239 e. The van der Waals surface area contributed by atoms with Crippen LogP contribution in [-0.4, -0.2) is 23.3 Å². The summed E-state index contributed by atoms with van der Waals surface area (Å²) in [6, 6.07) is 15.7. The van der Waals surface area contributed by atoms with Gasteiger partial charge in [0.25, 0.3) is 0 Å². The summed E-state index contributed by atoms with van der Waals surface area (Å²) in [4.78, 5) is 27.7. The largest absolute Gasteiger partial charge is 0.338 e. The molecule has 0 aliphatic carbocycles. The molecule has 0 unspecified atom stereocenters. The van der Waals surface area contributed by atoms with Crippen LogP contribution in [0.2, 0.25) is 0 Å². The Morgan fingerprint density at radius 3 is 2.08 bits per heavy atom. The molecule has 1 N–H and O–H groups in total. The Bertz CT molecular complexity index is 762. The highest BCUT2D eigenvalue weighted by Gasteiger charge is 2.39. The normalized spacial score (nSPS) is 11.1. The molecular weight excluding hydrogens is 324 g/mol. The van der Waals surface area contributed by atoms with Crippen LogP contribution >= 0.6 is 0 Å². The maximum Gasteiger partial charge on any atom is 0.239 e. The SMILES string of the molecule is CCN(Cc1ccccc1)C(=O)C(C)(C)C(=O)Nc1c(C)cccc1C. The van der Waals surface area contributed by atoms with Gasteiger partial charge in [0, 0.05) is 18.8 Å². The van der Waals surface area contributed by atoms with Crippen molar-refractivity contribution in [1.29, 1.82) is 0 Å². The second-order valence-electron chi connectivity index (χ2n) is 7.15. The van der Waals surface area contributed by atoms with E-state index in [0.29, 0.717) is 13.1 Å². The Morgan fingerprint density at radius 2 is 1.54 bits per heavy atom. The molecule has 0 aliphatic heterocycles. The first-order valence-electron chi connectivity index (χ1n) is 8.98. The lowest BCUT2D eigenvalue weighted by Gasteiger charge is -2.31. The fourth-order valence-corrected chi connectivity index (χ4v) is 2.90. The molecule has 26 heavy (non-hydrogen) atoms. The van der Waals surface area contributed by atoms with Crippen molar-refractivity contribution < 1.29 is 9.59 Å². The number of hydrogen-bond donors (Lipinski definition) is 1. The molecule has 4 heteroatoms. The number of carbonyl (C=O) groups is 2. The van der Waals surface area contributed by atoms with Crippen molar-refractivity contribution in [3.8, 4) is 0 Å². The van der Waals surface area contributed by atoms with Crippen LogP contribution in [0, 0.1) is 19.3 Å². The molecule has 0 bridgehead atoms. The molecule has 0 heterocycles. The summed E-state index contributed by atoms with van der Waals surface area (Å²) in [5.41, 5.74) is 2.65. The monoisotopic (exact) mass is 352 g/mol. The first kappa shape index (κ1) is 19.7. The summed E-state index contributed by atoms with van der Waals surface area (Å²) in [7, 11) is 0. The van der Waals surface area contributed by atoms with Crippen LogP contribution in [0.3, 0.4) is 0 Å². The van der Waals surface area contributed by atoms with Gasteiger partial charge in [-0.3, -0.25) is 9.59 Å². The molecule has 0 atom stereocenters. The van der Waals surface area contributed by atoms with Crippen molar-refractivity contribution in [2.24, 2.45) is 5.41 Å². The predicted octanol–water partition coefficient (Wildman–Crippen LogP) is 4.32. The summed E-state index contributed by atoms with van der Waals surface area (Å²) in [5, 5.41) is 2.96. The summed E-state index contributed by atoms with van der Waals surface area (Å²) in [6.07, 6.45) is 0. The van der Waals surface area contributed by atoms with E-state index in [-0.39, 0.29) is 11.8 Å². The van der Waals surface area contributed by atoms with Gasteiger partial charge in [0.15, 0.2) is 0 Å². The third kappa shape index (κ3) is 4.31. The van der Waals surface area contributed by atoms with E-state index >= 15 is 0 Å². The molecule has 4 nitrogen and oxygen atoms in total. The number of amides is 2. The number of nitrogens with zero attached hydrogens (tertiary/aromatic N) is 1. The topological polar surface area (TPSA) is 49.4 Å². The lowest BCUT2D eigenvalue weighted by Crippen LogP contribution is -2.47. The van der Waals surface area contributed by atoms with Crippen LogP contribution in [0.5, 0.6) is 0 Å². The van der Waals surface area contributed by atoms with Gasteiger partial charge in [0.1, 0.15) is 5.41 Å². The van der Waals surface area contributed by atoms with Crippen LogP contribution in [0.4, 0.5) is 5.69 Å². The highest BCUT2D eigenvalue weighted by Crippen LogP contribution is 2.26. The fraction of sp³-hybridized carbons (Fsp3) is 0.364. The Kier molecular flexibility index (Phi) is 6.19. The summed E-state index contributed by atoms with van der Waals surface area (Å²) < 4.78 is 0. The molecule has 2 rings (SSSR count). The van der Waals surface area contributed by atoms with E-state index in [1.54, 1.807) is 18.7 Å². The number of nitrogens with one attached hydrogen (secondary N) is 1. The Labute approximate surface area is 156 Å². The molecule has 0 aliphatic rings. The second-order valence-corrected chi connectivity index (χ2v) is 7.15. The van der Waals surface area contributed by atoms with Crippen molar-refractivity contribution >= 4 is 17.5 Å². The maximum absolute atomic E-state index is 13.1. The zero-order valence-electron chi connectivity index (χ0n) is 16.3. The number of carbonyl (C=O) groups excluding carboxylic acids is 2. The molecular formula is C22H28N2O2. The minimum absolute atomic E-state index is 0.174. The van der Waals surface area contributed by atoms with E-state index in [0.717, 1.165) is 22.4 Å². The van der Waals surface area contributed by atoms with Gasteiger partial charge in [0.2, 0.25) is 11.8 Å². The minimum atomic E-state index is -1.15. The average molecular weight is 352 g/mol. The van der Waals surface area contributed by atoms with E-state index in [1.807, 2.05) is 69.3 Å². The van der Waals surface area contributed by atoms with Gasteiger partial charge >= 0.3 is 0 Å². The van der Waals surface area contributed by atoms with Gasteiger partial charge in [-0.1, -0.05) is 48.5 Å². The molecule has 2 aromatic rings. The van der Waals surface area contributed by atoms with Crippen LogP contribution in [0.25, 0.3) is 0 Å². The first-order chi connectivity index (χ1) is 12.3. The van der Waals surface area contributed by atoms with Gasteiger partial charge < -0.3 is 10.2 Å². The molecule has 0 saturated carbocycles. The number of rotatable bonds is 6. The third-order valence-corrected chi connectivity index (χ3v) is 4.71. The first-order valence-corrected chi connectivity index (χ1v) is 8.98. The zero-order chi connectivity index (χ0) is 19.3. The maximum atomic E-state index is 13.1. The fourth-order valence-electron chi connectivity index (χ4n) is 2.90. The number of aryl methyl sites for hydroxylation is 2. The highest BCUT2D eigenvalue weighted by molar-refractivity contribution is 6.10. The van der Waals surface area contributed by atoms with Gasteiger partial charge in [-0.25, -0.2) is 0 Å². The van der Waals surface area contributed by atoms with E-state index in [2.05, 4.69) is 5.32 Å². The van der Waals surface area contributed by atoms with Crippen LogP contribution in [0.1, 0.15) is 37.5 Å². The Balaban J connectivity index is 2.18. The number of hydrogen-bond acceptors (Lipinski definition) is 2. The molecule has 0 radical (unpaired) electrons. The van der Waals surface area contributed by atoms with Crippen LogP contribution in [-0.2, 0) is 16.1 Å². The lowest BCUT2D eigenvalue weighted by atomic mass is 9.89. The van der Waals surface area contributed by atoms with Gasteiger partial charge in [-0.05, 0) is 51.3 Å². The van der Waals surface area contributed by atoms with Crippen LogP contribution < -0.4 is 5.32 Å². The standard InChI is InChI=1S/C22H28N2O2/c1-6-24(15-18-13-8-7-9-14-18)21(26)22(4,5)20(25)23-19-16(2)11-10-12-17(19)3/h7-14H,6,15H2,1-5H3,(H,23,25). The van der Waals surface area contributed by atoms with E-state index in [9.17, 15) is 9.59 Å². The Hall–Kier alpha value is -2.62. The highest BCUT2D eigenvalue weighted by atomic mass is 16.2. The van der Waals surface area contributed by atoms with Crippen LogP contribution in [0.15, 0.2) is 48.5 Å². The second kappa shape index (κ2) is 8.17. The van der Waals surface area contributed by atoms with Crippen molar-refractivity contribution in [1.82, 2.24) is 4.90 Å². The lowest BCUT2D eigenvalue weighted by molar-refractivity contribution is -0.146. The summed E-state index contributed by atoms with van der Waals surface area (Å²) in [6.45, 7) is 10.2. The average Bonchev–Trinajstić information content (AvgIpc) is 2.62. The van der Waals surface area contributed by atoms with E-state index in [1.165, 1.54) is 0 Å². The van der Waals surface area contributed by atoms with Crippen molar-refractivity contribution in [3.63, 3.8) is 0 Å². The number of anilines is 1. The number of benzene rings is 2. The van der Waals surface area contributed by atoms with E-state index in [4.69, 9.17) is 0 Å². The quantitative estimate of drug-likeness (QED) is 0.787. The molecule has 138 valence electrons. The van der Waals surface area contributed by atoms with Crippen molar-refractivity contribution in [3.05, 3.63) is 65.2 Å². The Morgan fingerprint density at radius 1 is 0.962 bits per heavy atom. The molecule has 0 fully saturated rings. The molecule has 0 saturated heterocycles. The number of para-hydroxylation sites is 1. The predicted molar refractivity (Wildman–Crippen MR) is 106 cm³/mol. The van der Waals surface area contributed by atoms with E-state index < -0.39 is 5.41 Å². The van der Waals surface area contributed by atoms with Gasteiger partial charge in [0.05, 0.1) is 0 Å². The van der Waals surface area contributed by atoms with Crippen molar-refractivity contribution in [2.45, 2.75) is 41.2 Å². The summed E-state index contributed by atoms with van der Waals surface area (Å²) >= 11 is 0. The van der Waals surface area contributed by atoms with Gasteiger partial charge in [-0.15, -0.1) is 0 Å². The molecule has 2 amide bonds. The molecule has 0 aromatic heterocycles. The van der Waals surface area contributed by atoms with Gasteiger partial charge in [-0.2, -0.15) is 0 Å². The summed E-state index contributed by atoms with van der Waals surface area (Å²) in [5.74, 6) is -0.459. The molecule has 2 aromatic carbocycles. The molecule has 0 spiro atoms. The van der Waals surface area contributed by atoms with Crippen molar-refractivity contribution in [2.75, 3.05) is 11.9 Å². The minimum Gasteiger partial charge on any atom is -0.338 e. The third-order valence-electron chi connectivity index (χ3n) is 4.71. The zero-order valence-corrected chi connectivity index (χ0v) is 16.3.